The molecule has 2 aromatic rings. The highest BCUT2D eigenvalue weighted by molar-refractivity contribution is 14.1. The molecule has 0 spiro atoms. The quantitative estimate of drug-likeness (QED) is 0.246. The fourth-order valence-electron chi connectivity index (χ4n) is 3.21. The van der Waals surface area contributed by atoms with Gasteiger partial charge in [0, 0.05) is 0 Å². The molecule has 2 aliphatic rings. The normalized spacial score (nSPS) is 15.6. The van der Waals surface area contributed by atoms with E-state index in [4.69, 9.17) is 18.9 Å². The second kappa shape index (κ2) is 17.6. The highest BCUT2D eigenvalue weighted by atomic mass is 127. The lowest BCUT2D eigenvalue weighted by Gasteiger charge is -2.29. The number of ether oxygens (including phenoxy) is 4. The van der Waals surface area contributed by atoms with Gasteiger partial charge in [0.2, 0.25) is 0 Å². The summed E-state index contributed by atoms with van der Waals surface area (Å²) in [7, 11) is -2.18. The molecule has 4 N–H and O–H groups in total. The van der Waals surface area contributed by atoms with Gasteiger partial charge >= 0.3 is 0 Å². The fraction of sp³-hybridized carbons (Fsp3) is 0.417. The maximum atomic E-state index is 10.9. The number of phosphoric acid groups is 1. The van der Waals surface area contributed by atoms with Crippen LogP contribution in [0, 0.1) is 7.14 Å². The molecule has 0 aliphatic carbocycles. The summed E-state index contributed by atoms with van der Waals surface area (Å²) in [4.78, 5) is 21.7. The number of quaternary nitrogens is 2. The van der Waals surface area contributed by atoms with Crippen molar-refractivity contribution in [1.29, 1.82) is 0 Å². The van der Waals surface area contributed by atoms with E-state index < -0.39 is 7.82 Å². The van der Waals surface area contributed by atoms with Gasteiger partial charge < -0.3 is 48.5 Å². The van der Waals surface area contributed by atoms with Gasteiger partial charge in [-0.05, 0) is 80.6 Å². The Balaban J connectivity index is 0.000000323. The van der Waals surface area contributed by atoms with Gasteiger partial charge in [-0.25, -0.2) is 0 Å². The number of morpholine rings is 2. The van der Waals surface area contributed by atoms with Gasteiger partial charge in [0.25, 0.3) is 0 Å². The van der Waals surface area contributed by atoms with E-state index in [1.54, 1.807) is 19.3 Å². The van der Waals surface area contributed by atoms with E-state index in [0.29, 0.717) is 5.56 Å². The Bertz CT molecular complexity index is 985. The summed E-state index contributed by atoms with van der Waals surface area (Å²) in [6.45, 7) is 8.39. The maximum absolute atomic E-state index is 10.9. The summed E-state index contributed by atoms with van der Waals surface area (Å²) in [5.41, 5.74) is 1.61. The minimum Gasteiger partial charge on any atom is -0.780 e. The van der Waals surface area contributed by atoms with E-state index in [2.05, 4.69) is 60.3 Å². The summed E-state index contributed by atoms with van der Waals surface area (Å²) >= 11 is 4.39. The molecule has 37 heavy (non-hydrogen) atoms. The lowest BCUT2D eigenvalue weighted by atomic mass is 10.1. The Morgan fingerprint density at radius 3 is 1.70 bits per heavy atom. The smallest absolute Gasteiger partial charge is 0.166 e. The molecular formula is C24H33I2N2O8P. The Hall–Kier alpha value is -0.970. The topological polar surface area (TPSA) is 143 Å². The third kappa shape index (κ3) is 13.1. The molecular weight excluding hydrogens is 729 g/mol. The predicted octanol–water partition coefficient (Wildman–Crippen LogP) is 0.451. The van der Waals surface area contributed by atoms with Crippen molar-refractivity contribution in [3.05, 3.63) is 48.6 Å². The minimum atomic E-state index is -5.17. The molecule has 13 heteroatoms. The zero-order valence-corrected chi connectivity index (χ0v) is 26.0. The van der Waals surface area contributed by atoms with Crippen molar-refractivity contribution in [1.82, 2.24) is 0 Å². The Labute approximate surface area is 245 Å². The van der Waals surface area contributed by atoms with Crippen LogP contribution in [-0.4, -0.2) is 66.8 Å². The Morgan fingerprint density at radius 2 is 1.32 bits per heavy atom. The largest absolute Gasteiger partial charge is 0.780 e. The van der Waals surface area contributed by atoms with Gasteiger partial charge in [-0.3, -0.25) is 0 Å². The van der Waals surface area contributed by atoms with Gasteiger partial charge in [-0.15, -0.1) is 0 Å². The molecule has 10 nitrogen and oxygen atoms in total. The van der Waals surface area contributed by atoms with Gasteiger partial charge in [0.1, 0.15) is 13.6 Å². The molecule has 0 saturated carbocycles. The van der Waals surface area contributed by atoms with Gasteiger partial charge in [-0.2, -0.15) is 0 Å². The average molecular weight is 762 g/mol. The Morgan fingerprint density at radius 1 is 0.811 bits per heavy atom. The average Bonchev–Trinajstić information content (AvgIpc) is 2.89. The zero-order valence-electron chi connectivity index (χ0n) is 20.8. The molecule has 2 saturated heterocycles. The summed E-state index contributed by atoms with van der Waals surface area (Å²) in [6.07, 6.45) is 3.64. The van der Waals surface area contributed by atoms with E-state index in [-0.39, 0.29) is 11.5 Å². The minimum absolute atomic E-state index is 0.142. The zero-order chi connectivity index (χ0) is 27.1. The molecule has 2 aliphatic heterocycles. The van der Waals surface area contributed by atoms with E-state index in [9.17, 15) is 14.4 Å². The van der Waals surface area contributed by atoms with E-state index >= 15 is 0 Å². The fourth-order valence-corrected chi connectivity index (χ4v) is 5.85. The molecule has 2 aromatic carbocycles. The first kappa shape index (κ1) is 32.2. The summed E-state index contributed by atoms with van der Waals surface area (Å²) in [5, 5.41) is 4.53. The van der Waals surface area contributed by atoms with Gasteiger partial charge in [0.15, 0.2) is 11.5 Å². The molecule has 4 rings (SSSR count). The van der Waals surface area contributed by atoms with Crippen LogP contribution in [0.1, 0.15) is 11.1 Å². The molecule has 2 heterocycles. The molecule has 206 valence electrons. The molecule has 0 radical (unpaired) electrons. The number of rotatable bonds is 6. The van der Waals surface area contributed by atoms with Crippen molar-refractivity contribution >= 4 is 65.2 Å². The van der Waals surface area contributed by atoms with Crippen LogP contribution in [0.4, 0.5) is 0 Å². The first-order chi connectivity index (χ1) is 17.7. The van der Waals surface area contributed by atoms with Crippen molar-refractivity contribution in [3.63, 3.8) is 0 Å². The first-order valence-corrected chi connectivity index (χ1v) is 15.2. The third-order valence-corrected chi connectivity index (χ3v) is 6.98. The second-order valence-electron chi connectivity index (χ2n) is 7.76. The van der Waals surface area contributed by atoms with Crippen LogP contribution in [0.5, 0.6) is 17.2 Å². The summed E-state index contributed by atoms with van der Waals surface area (Å²) in [6, 6.07) is 8.61. The van der Waals surface area contributed by atoms with Crippen molar-refractivity contribution in [2.45, 2.75) is 0 Å². The number of benzene rings is 2. The second-order valence-corrected chi connectivity index (χ2v) is 11.2. The van der Waals surface area contributed by atoms with Crippen molar-refractivity contribution in [2.75, 3.05) is 66.8 Å². The van der Waals surface area contributed by atoms with Crippen LogP contribution < -0.4 is 34.4 Å². The number of phosphoric ester groups is 1. The molecule has 0 atom stereocenters. The van der Waals surface area contributed by atoms with E-state index in [1.165, 1.54) is 19.2 Å². The molecule has 0 amide bonds. The third-order valence-electron chi connectivity index (χ3n) is 4.96. The molecule has 0 unspecified atom stereocenters. The monoisotopic (exact) mass is 762 g/mol. The number of halogens is 2. The van der Waals surface area contributed by atoms with Crippen molar-refractivity contribution < 1.29 is 48.5 Å². The number of nitrogens with two attached hydrogens (primary N) is 2. The van der Waals surface area contributed by atoms with Crippen molar-refractivity contribution in [3.8, 4) is 17.2 Å². The van der Waals surface area contributed by atoms with Gasteiger partial charge in [0.05, 0.1) is 74.0 Å². The van der Waals surface area contributed by atoms with E-state index in [0.717, 1.165) is 71.1 Å². The number of hydrogen-bond acceptors (Lipinski definition) is 8. The molecule has 2 fully saturated rings. The molecule has 0 bridgehead atoms. The highest BCUT2D eigenvalue weighted by Gasteiger charge is 2.08. The summed E-state index contributed by atoms with van der Waals surface area (Å²) in [5.74, 6) is 0.842. The lowest BCUT2D eigenvalue weighted by Crippen LogP contribution is -2.87. The van der Waals surface area contributed by atoms with Crippen LogP contribution in [0.15, 0.2) is 30.3 Å². The summed E-state index contributed by atoms with van der Waals surface area (Å²) < 4.78 is 37.7. The highest BCUT2D eigenvalue weighted by Crippen LogP contribution is 2.37. The van der Waals surface area contributed by atoms with Crippen LogP contribution in [0.3, 0.4) is 0 Å². The van der Waals surface area contributed by atoms with Crippen LogP contribution in [0.25, 0.3) is 12.2 Å². The van der Waals surface area contributed by atoms with E-state index in [1.807, 2.05) is 18.2 Å². The van der Waals surface area contributed by atoms with Crippen LogP contribution >= 0.6 is 53.0 Å². The number of methoxy groups -OCH3 is 2. The lowest BCUT2D eigenvalue weighted by molar-refractivity contribution is -0.670. The van der Waals surface area contributed by atoms with Gasteiger partial charge in [-0.1, -0.05) is 18.2 Å². The van der Waals surface area contributed by atoms with Crippen LogP contribution in [0.2, 0.25) is 0 Å². The SMILES string of the molecule is C1COCC[NH2+]1.C1COCC[NH2+]1.COc1ccc(/C=C\c2cc(I)c(OC)c(I)c2)cc1OP(=O)([O-])[O-]. The standard InChI is InChI=1S/C16H15I2O6P.2C4H9NO/c1-22-14-6-5-10(9-15(14)24-25(19,20)21)3-4-11-7-12(17)16(23-2)13(18)8-11;2*1-3-6-4-2-5-1/h3-9H,1-2H3,(H2,19,20,21);2*5H,1-4H2/b4-3-;;. The van der Waals surface area contributed by atoms with Crippen molar-refractivity contribution in [2.24, 2.45) is 0 Å². The van der Waals surface area contributed by atoms with Crippen LogP contribution in [-0.2, 0) is 14.0 Å². The maximum Gasteiger partial charge on any atom is 0.166 e. The number of hydrogen-bond donors (Lipinski definition) is 2. The predicted molar refractivity (Wildman–Crippen MR) is 154 cm³/mol. The first-order valence-electron chi connectivity index (χ1n) is 11.6. The Kier molecular flexibility index (Phi) is 15.3. The molecule has 0 aromatic heterocycles.